The molecule has 1 aliphatic carbocycles. The Hall–Kier alpha value is -3.44. The van der Waals surface area contributed by atoms with Crippen LogP contribution in [0.2, 0.25) is 5.02 Å². The molecule has 0 saturated heterocycles. The van der Waals surface area contributed by atoms with E-state index in [1.165, 1.54) is 17.4 Å². The Morgan fingerprint density at radius 3 is 2.35 bits per heavy atom. The van der Waals surface area contributed by atoms with Crippen LogP contribution >= 0.6 is 22.9 Å². The molecule has 0 aliphatic heterocycles. The monoisotopic (exact) mass is 575 g/mol. The minimum Gasteiger partial charge on any atom is -0.496 e. The zero-order chi connectivity index (χ0) is 28.4. The van der Waals surface area contributed by atoms with Crippen molar-refractivity contribution in [1.82, 2.24) is 9.80 Å². The number of hydrogen-bond acceptors (Lipinski definition) is 5. The minimum atomic E-state index is -0.423. The first kappa shape index (κ1) is 28.1. The average molecular weight is 576 g/mol. The van der Waals surface area contributed by atoms with Crippen molar-refractivity contribution in [2.45, 2.75) is 44.3 Å². The maximum absolute atomic E-state index is 14.7. The van der Waals surface area contributed by atoms with Crippen molar-refractivity contribution in [2.75, 3.05) is 21.2 Å². The van der Waals surface area contributed by atoms with Gasteiger partial charge in [0.1, 0.15) is 16.4 Å². The van der Waals surface area contributed by atoms with Gasteiger partial charge in [0.25, 0.3) is 5.91 Å². The number of rotatable bonds is 7. The summed E-state index contributed by atoms with van der Waals surface area (Å²) in [6.45, 7) is 0.330. The largest absolute Gasteiger partial charge is 0.496 e. The lowest BCUT2D eigenvalue weighted by atomic mass is 9.89. The third-order valence-electron chi connectivity index (χ3n) is 7.87. The van der Waals surface area contributed by atoms with E-state index in [2.05, 4.69) is 25.1 Å². The summed E-state index contributed by atoms with van der Waals surface area (Å²) in [6, 6.07) is 20.8. The van der Waals surface area contributed by atoms with Crippen molar-refractivity contribution >= 4 is 38.9 Å². The Kier molecular flexibility index (Phi) is 8.41. The molecule has 0 unspecified atom stereocenters. The Morgan fingerprint density at radius 1 is 1.05 bits per heavy atom. The zero-order valence-electron chi connectivity index (χ0n) is 22.8. The number of hydrogen-bond donors (Lipinski definition) is 0. The van der Waals surface area contributed by atoms with Gasteiger partial charge in [-0.1, -0.05) is 35.9 Å². The Balaban J connectivity index is 1.53. The van der Waals surface area contributed by atoms with Crippen molar-refractivity contribution < 1.29 is 13.9 Å². The second-order valence-corrected chi connectivity index (χ2v) is 11.9. The molecule has 1 aliphatic rings. The number of methoxy groups -OCH3 is 1. The van der Waals surface area contributed by atoms with Crippen LogP contribution in [0.25, 0.3) is 21.2 Å². The zero-order valence-corrected chi connectivity index (χ0v) is 24.4. The van der Waals surface area contributed by atoms with Gasteiger partial charge in [0, 0.05) is 34.3 Å². The highest BCUT2D eigenvalue weighted by Crippen LogP contribution is 2.39. The van der Waals surface area contributed by atoms with Crippen LogP contribution in [0.15, 0.2) is 60.7 Å². The van der Waals surface area contributed by atoms with E-state index in [9.17, 15) is 14.4 Å². The number of nitriles is 1. The van der Waals surface area contributed by atoms with Crippen LogP contribution in [0.5, 0.6) is 5.75 Å². The van der Waals surface area contributed by atoms with Crippen LogP contribution in [0.4, 0.5) is 4.39 Å². The maximum Gasteiger partial charge on any atom is 0.266 e. The summed E-state index contributed by atoms with van der Waals surface area (Å²) in [5.41, 5.74) is 3.40. The number of nitrogens with zero attached hydrogens (tertiary/aromatic N) is 3. The summed E-state index contributed by atoms with van der Waals surface area (Å²) < 4.78 is 21.0. The third-order valence-corrected chi connectivity index (χ3v) is 9.50. The first-order valence-corrected chi connectivity index (χ1v) is 14.5. The maximum atomic E-state index is 14.7. The van der Waals surface area contributed by atoms with E-state index < -0.39 is 5.82 Å². The van der Waals surface area contributed by atoms with Crippen molar-refractivity contribution in [3.8, 4) is 22.9 Å². The Bertz CT molecular complexity index is 1570. The molecular formula is C32H31ClFN3O2S. The number of benzene rings is 3. The van der Waals surface area contributed by atoms with E-state index >= 15 is 0 Å². The molecule has 1 amide bonds. The highest BCUT2D eigenvalue weighted by atomic mass is 35.5. The van der Waals surface area contributed by atoms with Gasteiger partial charge in [0.15, 0.2) is 0 Å². The number of amides is 1. The molecule has 1 heterocycles. The first-order chi connectivity index (χ1) is 19.3. The van der Waals surface area contributed by atoms with Crippen LogP contribution in [-0.4, -0.2) is 49.0 Å². The van der Waals surface area contributed by atoms with Crippen LogP contribution in [0, 0.1) is 17.1 Å². The van der Waals surface area contributed by atoms with E-state index in [1.54, 1.807) is 31.4 Å². The van der Waals surface area contributed by atoms with Crippen LogP contribution in [0.1, 0.15) is 46.5 Å². The fraction of sp³-hybridized carbons (Fsp3) is 0.312. The molecule has 1 fully saturated rings. The number of thiophene rings is 1. The van der Waals surface area contributed by atoms with Gasteiger partial charge >= 0.3 is 0 Å². The van der Waals surface area contributed by atoms with E-state index in [0.717, 1.165) is 42.4 Å². The van der Waals surface area contributed by atoms with Crippen LogP contribution < -0.4 is 4.74 Å². The Labute approximate surface area is 243 Å². The van der Waals surface area contributed by atoms with Gasteiger partial charge in [-0.05, 0) is 87.3 Å². The number of carbonyl (C=O) groups is 1. The van der Waals surface area contributed by atoms with Gasteiger partial charge in [-0.3, -0.25) is 4.79 Å². The third kappa shape index (κ3) is 5.57. The molecule has 40 heavy (non-hydrogen) atoms. The summed E-state index contributed by atoms with van der Waals surface area (Å²) >= 11 is 7.90. The van der Waals surface area contributed by atoms with E-state index in [-0.39, 0.29) is 17.0 Å². The van der Waals surface area contributed by atoms with Crippen molar-refractivity contribution in [1.29, 1.82) is 5.26 Å². The highest BCUT2D eigenvalue weighted by molar-refractivity contribution is 7.21. The molecule has 3 aromatic carbocycles. The quantitative estimate of drug-likeness (QED) is 0.226. The predicted octanol–water partition coefficient (Wildman–Crippen LogP) is 7.76. The number of halogens is 2. The van der Waals surface area contributed by atoms with Gasteiger partial charge in [0.05, 0.1) is 23.8 Å². The molecule has 0 N–H and O–H groups in total. The number of fused-ring (bicyclic) bond motifs is 1. The molecular weight excluding hydrogens is 545 g/mol. The summed E-state index contributed by atoms with van der Waals surface area (Å²) in [4.78, 5) is 18.7. The molecule has 5 nitrogen and oxygen atoms in total. The van der Waals surface area contributed by atoms with Crippen LogP contribution in [-0.2, 0) is 6.54 Å². The second-order valence-electron chi connectivity index (χ2n) is 10.4. The summed E-state index contributed by atoms with van der Waals surface area (Å²) in [5, 5.41) is 9.65. The van der Waals surface area contributed by atoms with Crippen molar-refractivity contribution in [3.63, 3.8) is 0 Å². The molecule has 0 spiro atoms. The summed E-state index contributed by atoms with van der Waals surface area (Å²) in [5.74, 6) is 0.0722. The van der Waals surface area contributed by atoms with Gasteiger partial charge in [-0.2, -0.15) is 5.26 Å². The van der Waals surface area contributed by atoms with Crippen molar-refractivity contribution in [2.24, 2.45) is 0 Å². The average Bonchev–Trinajstić information content (AvgIpc) is 3.32. The summed E-state index contributed by atoms with van der Waals surface area (Å²) in [7, 11) is 5.82. The first-order valence-electron chi connectivity index (χ1n) is 13.3. The molecule has 8 heteroatoms. The molecule has 0 bridgehead atoms. The standard InChI is InChI=1S/C32H31ClFN3O2S/c1-36(2)24-12-14-25(15-13-24)37(32(38)31-30(33)29-26(34)5-4-6-28(29)40-31)19-23-17-22(11-16-27(23)39-3)21-9-7-20(18-35)8-10-21/h4-11,16-17,24-25H,12-15,19H2,1-3H3. The minimum absolute atomic E-state index is 0.0121. The Morgan fingerprint density at radius 2 is 1.73 bits per heavy atom. The van der Waals surface area contributed by atoms with Crippen LogP contribution in [0.3, 0.4) is 0 Å². The van der Waals surface area contributed by atoms with Gasteiger partial charge in [-0.15, -0.1) is 11.3 Å². The lowest BCUT2D eigenvalue weighted by Crippen LogP contribution is -2.44. The molecule has 0 atom stereocenters. The molecule has 1 saturated carbocycles. The normalized spacial score (nSPS) is 17.1. The molecule has 206 valence electrons. The number of ether oxygens (including phenoxy) is 1. The highest BCUT2D eigenvalue weighted by Gasteiger charge is 2.33. The van der Waals surface area contributed by atoms with Gasteiger partial charge in [0.2, 0.25) is 0 Å². The summed E-state index contributed by atoms with van der Waals surface area (Å²) in [6.07, 6.45) is 3.70. The SMILES string of the molecule is COc1ccc(-c2ccc(C#N)cc2)cc1CN(C(=O)c1sc2cccc(F)c2c1Cl)C1CCC(N(C)C)CC1. The molecule has 1 aromatic heterocycles. The second kappa shape index (κ2) is 12.0. The van der Waals surface area contributed by atoms with Gasteiger partial charge in [-0.25, -0.2) is 4.39 Å². The topological polar surface area (TPSA) is 56.6 Å². The van der Waals surface area contributed by atoms with Gasteiger partial charge < -0.3 is 14.5 Å². The lowest BCUT2D eigenvalue weighted by Gasteiger charge is -2.39. The fourth-order valence-electron chi connectivity index (χ4n) is 5.59. The fourth-order valence-corrected chi connectivity index (χ4v) is 7.10. The predicted molar refractivity (Wildman–Crippen MR) is 160 cm³/mol. The molecule has 4 aromatic rings. The smallest absolute Gasteiger partial charge is 0.266 e. The van der Waals surface area contributed by atoms with E-state index in [4.69, 9.17) is 16.3 Å². The molecule has 5 rings (SSSR count). The lowest BCUT2D eigenvalue weighted by molar-refractivity contribution is 0.0573. The number of carbonyl (C=O) groups excluding carboxylic acids is 1. The van der Waals surface area contributed by atoms with Crippen molar-refractivity contribution in [3.05, 3.63) is 87.5 Å². The van der Waals surface area contributed by atoms with E-state index in [0.29, 0.717) is 38.9 Å². The van der Waals surface area contributed by atoms with E-state index in [1.807, 2.05) is 35.2 Å². The molecule has 0 radical (unpaired) electrons.